The first-order valence-electron chi connectivity index (χ1n) is 4.76. The topological polar surface area (TPSA) is 97.1 Å². The van der Waals surface area contributed by atoms with E-state index in [9.17, 15) is 13.5 Å². The molecule has 0 aliphatic carbocycles. The molecule has 0 radical (unpaired) electrons. The number of hydrogen-bond acceptors (Lipinski definition) is 5. The van der Waals surface area contributed by atoms with E-state index in [-0.39, 0.29) is 21.6 Å². The van der Waals surface area contributed by atoms with Crippen molar-refractivity contribution in [2.24, 2.45) is 7.05 Å². The van der Waals surface area contributed by atoms with Crippen LogP contribution < -0.4 is 4.72 Å². The Bertz CT molecular complexity index is 663. The minimum absolute atomic E-state index is 0.0135. The zero-order valence-electron chi connectivity index (χ0n) is 9.20. The number of nitrogens with zero attached hydrogens (tertiary/aromatic N) is 3. The SMILES string of the molecule is Cn1ncc(Cl)c1S(=O)(=O)Nc1ncccc1O. The van der Waals surface area contributed by atoms with Crippen molar-refractivity contribution < 1.29 is 13.5 Å². The van der Waals surface area contributed by atoms with Gasteiger partial charge in [-0.2, -0.15) is 13.5 Å². The van der Waals surface area contributed by atoms with E-state index in [4.69, 9.17) is 11.6 Å². The average Bonchev–Trinajstić information content (AvgIpc) is 2.62. The molecule has 0 aromatic carbocycles. The lowest BCUT2D eigenvalue weighted by molar-refractivity contribution is 0.475. The summed E-state index contributed by atoms with van der Waals surface area (Å²) in [5.41, 5.74) is 0. The second-order valence-corrected chi connectivity index (χ2v) is 5.40. The maximum Gasteiger partial charge on any atom is 0.281 e. The van der Waals surface area contributed by atoms with Crippen molar-refractivity contribution in [3.8, 4) is 5.75 Å². The highest BCUT2D eigenvalue weighted by Crippen LogP contribution is 2.25. The fourth-order valence-corrected chi connectivity index (χ4v) is 3.04. The normalized spacial score (nSPS) is 11.4. The summed E-state index contributed by atoms with van der Waals surface area (Å²) >= 11 is 5.75. The minimum Gasteiger partial charge on any atom is -0.504 e. The van der Waals surface area contributed by atoms with Crippen molar-refractivity contribution in [1.82, 2.24) is 14.8 Å². The summed E-state index contributed by atoms with van der Waals surface area (Å²) < 4.78 is 27.4. The number of anilines is 1. The van der Waals surface area contributed by atoms with E-state index < -0.39 is 10.0 Å². The summed E-state index contributed by atoms with van der Waals surface area (Å²) in [6.45, 7) is 0. The van der Waals surface area contributed by atoms with Crippen molar-refractivity contribution in [1.29, 1.82) is 0 Å². The summed E-state index contributed by atoms with van der Waals surface area (Å²) in [4.78, 5) is 3.72. The summed E-state index contributed by atoms with van der Waals surface area (Å²) in [5.74, 6) is -0.450. The molecule has 2 aromatic rings. The number of sulfonamides is 1. The molecule has 0 unspecified atom stereocenters. The molecule has 2 rings (SSSR count). The standard InChI is InChI=1S/C9H9ClN4O3S/c1-14-9(6(10)5-12-14)18(16,17)13-8-7(15)3-2-4-11-8/h2-5,15H,1H3,(H,11,13). The van der Waals surface area contributed by atoms with Gasteiger partial charge in [0.2, 0.25) is 0 Å². The van der Waals surface area contributed by atoms with Gasteiger partial charge in [0.15, 0.2) is 16.6 Å². The van der Waals surface area contributed by atoms with Gasteiger partial charge in [-0.15, -0.1) is 0 Å². The van der Waals surface area contributed by atoms with Crippen LogP contribution in [0.5, 0.6) is 5.75 Å². The number of aryl methyl sites for hydroxylation is 1. The average molecular weight is 289 g/mol. The van der Waals surface area contributed by atoms with Crippen LogP contribution in [0, 0.1) is 0 Å². The Balaban J connectivity index is 2.43. The molecule has 0 atom stereocenters. The molecule has 0 saturated heterocycles. The van der Waals surface area contributed by atoms with Gasteiger partial charge in [0.05, 0.1) is 11.2 Å². The van der Waals surface area contributed by atoms with E-state index in [1.165, 1.54) is 31.6 Å². The lowest BCUT2D eigenvalue weighted by atomic mass is 10.4. The van der Waals surface area contributed by atoms with Crippen molar-refractivity contribution in [2.45, 2.75) is 5.03 Å². The molecule has 9 heteroatoms. The maximum atomic E-state index is 12.0. The molecule has 0 aliphatic heterocycles. The quantitative estimate of drug-likeness (QED) is 0.877. The first kappa shape index (κ1) is 12.7. The molecule has 0 aliphatic rings. The van der Waals surface area contributed by atoms with Crippen LogP contribution in [0.15, 0.2) is 29.6 Å². The van der Waals surface area contributed by atoms with Gasteiger partial charge < -0.3 is 5.11 Å². The van der Waals surface area contributed by atoms with E-state index >= 15 is 0 Å². The molecule has 7 nitrogen and oxygen atoms in total. The molecule has 96 valence electrons. The Kier molecular flexibility index (Phi) is 3.14. The number of pyridine rings is 1. The molecule has 2 heterocycles. The highest BCUT2D eigenvalue weighted by molar-refractivity contribution is 7.92. The third kappa shape index (κ3) is 2.24. The van der Waals surface area contributed by atoms with Crippen LogP contribution in [-0.4, -0.2) is 28.3 Å². The van der Waals surface area contributed by atoms with Crippen molar-refractivity contribution >= 4 is 27.4 Å². The lowest BCUT2D eigenvalue weighted by Gasteiger charge is -2.08. The predicted molar refractivity (Wildman–Crippen MR) is 64.9 cm³/mol. The summed E-state index contributed by atoms with van der Waals surface area (Å²) in [5, 5.41) is 13.0. The molecular formula is C9H9ClN4O3S. The zero-order chi connectivity index (χ0) is 13.3. The van der Waals surface area contributed by atoms with Gasteiger partial charge in [-0.25, -0.2) is 4.98 Å². The first-order chi connectivity index (χ1) is 8.42. The Hall–Kier alpha value is -1.80. The molecule has 0 bridgehead atoms. The monoisotopic (exact) mass is 288 g/mol. The van der Waals surface area contributed by atoms with E-state index in [2.05, 4.69) is 14.8 Å². The summed E-state index contributed by atoms with van der Waals surface area (Å²) in [6.07, 6.45) is 2.57. The van der Waals surface area contributed by atoms with Gasteiger partial charge in [-0.05, 0) is 12.1 Å². The molecule has 2 N–H and O–H groups in total. The van der Waals surface area contributed by atoms with Crippen LogP contribution in [0.25, 0.3) is 0 Å². The number of aromatic hydroxyl groups is 1. The van der Waals surface area contributed by atoms with Gasteiger partial charge in [-0.3, -0.25) is 9.40 Å². The number of halogens is 1. The van der Waals surface area contributed by atoms with Crippen LogP contribution in [0.4, 0.5) is 5.82 Å². The Morgan fingerprint density at radius 1 is 1.50 bits per heavy atom. The van der Waals surface area contributed by atoms with Crippen LogP contribution in [0.3, 0.4) is 0 Å². The third-order valence-electron chi connectivity index (χ3n) is 2.11. The van der Waals surface area contributed by atoms with Crippen molar-refractivity contribution in [3.63, 3.8) is 0 Å². The largest absolute Gasteiger partial charge is 0.504 e. The first-order valence-corrected chi connectivity index (χ1v) is 6.62. The lowest BCUT2D eigenvalue weighted by Crippen LogP contribution is -2.17. The van der Waals surface area contributed by atoms with Gasteiger partial charge in [0.25, 0.3) is 10.0 Å². The van der Waals surface area contributed by atoms with Gasteiger partial charge in [0, 0.05) is 13.2 Å². The van der Waals surface area contributed by atoms with Gasteiger partial charge in [0.1, 0.15) is 0 Å². The zero-order valence-corrected chi connectivity index (χ0v) is 10.8. The van der Waals surface area contributed by atoms with E-state index in [0.29, 0.717) is 0 Å². The second-order valence-electron chi connectivity index (χ2n) is 3.40. The summed E-state index contributed by atoms with van der Waals surface area (Å²) in [7, 11) is -2.51. The third-order valence-corrected chi connectivity index (χ3v) is 3.96. The van der Waals surface area contributed by atoms with Gasteiger partial charge >= 0.3 is 0 Å². The van der Waals surface area contributed by atoms with E-state index in [1.54, 1.807) is 0 Å². The highest BCUT2D eigenvalue weighted by atomic mass is 35.5. The number of aromatic nitrogens is 3. The fourth-order valence-electron chi connectivity index (χ4n) is 1.35. The minimum atomic E-state index is -3.96. The van der Waals surface area contributed by atoms with Gasteiger partial charge in [-0.1, -0.05) is 11.6 Å². The maximum absolute atomic E-state index is 12.0. The molecular weight excluding hydrogens is 280 g/mol. The molecule has 0 fully saturated rings. The Labute approximate surface area is 108 Å². The molecule has 2 aromatic heterocycles. The van der Waals surface area contributed by atoms with Crippen LogP contribution in [-0.2, 0) is 17.1 Å². The number of hydrogen-bond donors (Lipinski definition) is 2. The number of nitrogens with one attached hydrogen (secondary N) is 1. The summed E-state index contributed by atoms with van der Waals surface area (Å²) in [6, 6.07) is 2.79. The smallest absolute Gasteiger partial charge is 0.281 e. The second kappa shape index (κ2) is 4.46. The van der Waals surface area contributed by atoms with Crippen molar-refractivity contribution in [2.75, 3.05) is 4.72 Å². The predicted octanol–water partition coefficient (Wildman–Crippen LogP) is 0.975. The molecule has 18 heavy (non-hydrogen) atoms. The van der Waals surface area contributed by atoms with E-state index in [0.717, 1.165) is 4.68 Å². The van der Waals surface area contributed by atoms with E-state index in [1.807, 2.05) is 0 Å². The molecule has 0 saturated carbocycles. The molecule has 0 amide bonds. The Morgan fingerprint density at radius 2 is 2.22 bits per heavy atom. The Morgan fingerprint density at radius 3 is 2.78 bits per heavy atom. The van der Waals surface area contributed by atoms with Crippen LogP contribution >= 0.6 is 11.6 Å². The molecule has 0 spiro atoms. The van der Waals surface area contributed by atoms with Crippen molar-refractivity contribution in [3.05, 3.63) is 29.5 Å². The number of rotatable bonds is 3. The fraction of sp³-hybridized carbons (Fsp3) is 0.111. The van der Waals surface area contributed by atoms with Crippen LogP contribution in [0.2, 0.25) is 5.02 Å². The van der Waals surface area contributed by atoms with Crippen LogP contribution in [0.1, 0.15) is 0 Å². The highest BCUT2D eigenvalue weighted by Gasteiger charge is 2.24.